The average molecular weight is 407 g/mol. The summed E-state index contributed by atoms with van der Waals surface area (Å²) in [4.78, 5) is 24.2. The summed E-state index contributed by atoms with van der Waals surface area (Å²) in [6, 6.07) is 7.54. The van der Waals surface area contributed by atoms with Gasteiger partial charge in [0, 0.05) is 24.2 Å². The highest BCUT2D eigenvalue weighted by molar-refractivity contribution is 7.89. The fraction of sp³-hybridized carbons (Fsp3) is 0.368. The van der Waals surface area contributed by atoms with Gasteiger partial charge in [-0.05, 0) is 57.5 Å². The quantitative estimate of drug-likeness (QED) is 0.605. The number of carbonyl (C=O) groups excluding carboxylic acids is 2. The van der Waals surface area contributed by atoms with Gasteiger partial charge >= 0.3 is 0 Å². The number of hydrogen-bond donors (Lipinski definition) is 3. The molecule has 2 aromatic rings. The summed E-state index contributed by atoms with van der Waals surface area (Å²) in [6.07, 6.45) is 1.40. The highest BCUT2D eigenvalue weighted by atomic mass is 32.2. The van der Waals surface area contributed by atoms with Gasteiger partial charge in [-0.2, -0.15) is 0 Å². The third-order valence-electron chi connectivity index (χ3n) is 3.65. The van der Waals surface area contributed by atoms with E-state index in [0.29, 0.717) is 5.56 Å². The molecule has 0 spiro atoms. The Bertz CT molecular complexity index is 944. The van der Waals surface area contributed by atoms with Crippen molar-refractivity contribution in [3.63, 3.8) is 0 Å². The fourth-order valence-electron chi connectivity index (χ4n) is 2.42. The van der Waals surface area contributed by atoms with Crippen molar-refractivity contribution in [3.8, 4) is 0 Å². The van der Waals surface area contributed by atoms with E-state index in [1.165, 1.54) is 24.5 Å². The lowest BCUT2D eigenvalue weighted by molar-refractivity contribution is 0.0910. The van der Waals surface area contributed by atoms with Crippen LogP contribution in [0.3, 0.4) is 0 Å². The van der Waals surface area contributed by atoms with E-state index < -0.39 is 21.5 Å². The molecule has 0 radical (unpaired) electrons. The summed E-state index contributed by atoms with van der Waals surface area (Å²) in [7, 11) is -3.75. The molecule has 8 nitrogen and oxygen atoms in total. The normalized spacial score (nSPS) is 11.9. The molecule has 1 aromatic heterocycles. The third kappa shape index (κ3) is 5.93. The van der Waals surface area contributed by atoms with Crippen LogP contribution in [-0.2, 0) is 10.0 Å². The third-order valence-corrected chi connectivity index (χ3v) is 5.40. The number of benzene rings is 1. The van der Waals surface area contributed by atoms with Gasteiger partial charge in [0.2, 0.25) is 10.0 Å². The maximum atomic E-state index is 12.5. The van der Waals surface area contributed by atoms with Gasteiger partial charge in [-0.15, -0.1) is 0 Å². The molecule has 0 saturated heterocycles. The van der Waals surface area contributed by atoms with Gasteiger partial charge < -0.3 is 15.1 Å². The van der Waals surface area contributed by atoms with E-state index in [9.17, 15) is 18.0 Å². The monoisotopic (exact) mass is 407 g/mol. The summed E-state index contributed by atoms with van der Waals surface area (Å²) >= 11 is 0. The molecule has 0 unspecified atom stereocenters. The zero-order chi connectivity index (χ0) is 20.9. The first kappa shape index (κ1) is 21.6. The van der Waals surface area contributed by atoms with Crippen LogP contribution >= 0.6 is 0 Å². The number of amides is 2. The Morgan fingerprint density at radius 1 is 1.04 bits per heavy atom. The topological polar surface area (TPSA) is 118 Å². The fourth-order valence-corrected chi connectivity index (χ4v) is 3.86. The number of carbonyl (C=O) groups is 2. The van der Waals surface area contributed by atoms with Crippen molar-refractivity contribution in [2.75, 3.05) is 13.1 Å². The molecule has 0 atom stereocenters. The van der Waals surface area contributed by atoms with Crippen molar-refractivity contribution in [3.05, 3.63) is 53.5 Å². The van der Waals surface area contributed by atoms with Crippen molar-refractivity contribution in [2.24, 2.45) is 0 Å². The van der Waals surface area contributed by atoms with E-state index in [-0.39, 0.29) is 35.2 Å². The number of sulfonamides is 1. The summed E-state index contributed by atoms with van der Waals surface area (Å²) in [5, 5.41) is 5.28. The number of hydrogen-bond acceptors (Lipinski definition) is 5. The lowest BCUT2D eigenvalue weighted by Gasteiger charge is -2.20. The molecule has 2 rings (SSSR count). The first-order valence-corrected chi connectivity index (χ1v) is 10.2. The summed E-state index contributed by atoms with van der Waals surface area (Å²) < 4.78 is 32.5. The van der Waals surface area contributed by atoms with Crippen molar-refractivity contribution < 1.29 is 22.4 Å². The van der Waals surface area contributed by atoms with Crippen molar-refractivity contribution in [2.45, 2.75) is 38.1 Å². The van der Waals surface area contributed by atoms with Crippen LogP contribution in [0.2, 0.25) is 0 Å². The summed E-state index contributed by atoms with van der Waals surface area (Å²) in [5.74, 6) is -0.610. The van der Waals surface area contributed by atoms with Gasteiger partial charge in [-0.3, -0.25) is 9.59 Å². The number of nitrogens with one attached hydrogen (secondary N) is 3. The largest absolute Gasteiger partial charge is 0.459 e. The predicted molar refractivity (Wildman–Crippen MR) is 105 cm³/mol. The van der Waals surface area contributed by atoms with Crippen molar-refractivity contribution in [1.82, 2.24) is 15.4 Å². The minimum atomic E-state index is -3.75. The van der Waals surface area contributed by atoms with Crippen molar-refractivity contribution >= 4 is 21.8 Å². The van der Waals surface area contributed by atoms with Gasteiger partial charge in [0.05, 0.1) is 11.2 Å². The molecular formula is C19H25N3O5S. The van der Waals surface area contributed by atoms with Gasteiger partial charge in [0.25, 0.3) is 11.8 Å². The maximum Gasteiger partial charge on any atom is 0.287 e. The number of aryl methyl sites for hydroxylation is 1. The molecular weight excluding hydrogens is 382 g/mol. The Morgan fingerprint density at radius 2 is 1.68 bits per heavy atom. The number of furan rings is 1. The molecule has 0 aliphatic heterocycles. The van der Waals surface area contributed by atoms with Gasteiger partial charge in [0.1, 0.15) is 0 Å². The minimum absolute atomic E-state index is 0.0179. The Balaban J connectivity index is 2.00. The minimum Gasteiger partial charge on any atom is -0.459 e. The lowest BCUT2D eigenvalue weighted by atomic mass is 10.1. The van der Waals surface area contributed by atoms with E-state index >= 15 is 0 Å². The Hall–Kier alpha value is -2.65. The first-order valence-electron chi connectivity index (χ1n) is 8.74. The van der Waals surface area contributed by atoms with E-state index in [1.54, 1.807) is 39.8 Å². The summed E-state index contributed by atoms with van der Waals surface area (Å²) in [5.41, 5.74) is 0.263. The lowest BCUT2D eigenvalue weighted by Crippen LogP contribution is -2.40. The van der Waals surface area contributed by atoms with Crippen LogP contribution in [0.5, 0.6) is 0 Å². The van der Waals surface area contributed by atoms with E-state index in [0.717, 1.165) is 0 Å². The van der Waals surface area contributed by atoms with Crippen LogP contribution in [0.15, 0.2) is 45.9 Å². The molecule has 0 aliphatic rings. The Morgan fingerprint density at radius 3 is 2.25 bits per heavy atom. The van der Waals surface area contributed by atoms with Crippen LogP contribution in [0.25, 0.3) is 0 Å². The highest BCUT2D eigenvalue weighted by Gasteiger charge is 2.23. The van der Waals surface area contributed by atoms with Crippen LogP contribution in [0, 0.1) is 6.92 Å². The van der Waals surface area contributed by atoms with Crippen molar-refractivity contribution in [1.29, 1.82) is 0 Å². The van der Waals surface area contributed by atoms with E-state index in [2.05, 4.69) is 15.4 Å². The average Bonchev–Trinajstić information content (AvgIpc) is 3.11. The van der Waals surface area contributed by atoms with Gasteiger partial charge in [-0.25, -0.2) is 13.1 Å². The van der Waals surface area contributed by atoms with Gasteiger partial charge in [-0.1, -0.05) is 6.07 Å². The molecule has 0 bridgehead atoms. The molecule has 0 aliphatic carbocycles. The predicted octanol–water partition coefficient (Wildman–Crippen LogP) is 1.82. The SMILES string of the molecule is Cc1ccc(S(=O)(=O)NC(C)(C)C)cc1C(=O)NCCNC(=O)c1ccco1. The van der Waals surface area contributed by atoms with Crippen LogP contribution in [0.1, 0.15) is 47.2 Å². The molecule has 2 amide bonds. The zero-order valence-electron chi connectivity index (χ0n) is 16.3. The first-order chi connectivity index (χ1) is 13.0. The standard InChI is InChI=1S/C19H25N3O5S/c1-13-7-8-14(28(25,26)22-19(2,3)4)12-15(13)17(23)20-9-10-21-18(24)16-6-5-11-27-16/h5-8,11-12,22H,9-10H2,1-4H3,(H,20,23)(H,21,24). The zero-order valence-corrected chi connectivity index (χ0v) is 17.1. The second-order valence-corrected chi connectivity index (χ2v) is 9.00. The molecule has 1 aromatic carbocycles. The Kier molecular flexibility index (Phi) is 6.63. The number of rotatable bonds is 7. The van der Waals surface area contributed by atoms with Crippen LogP contribution in [-0.4, -0.2) is 38.9 Å². The Labute approximate surface area is 164 Å². The van der Waals surface area contributed by atoms with Crippen LogP contribution < -0.4 is 15.4 Å². The molecule has 0 fully saturated rings. The molecule has 28 heavy (non-hydrogen) atoms. The second-order valence-electron chi connectivity index (χ2n) is 7.32. The molecule has 0 saturated carbocycles. The van der Waals surface area contributed by atoms with E-state index in [4.69, 9.17) is 4.42 Å². The molecule has 152 valence electrons. The highest BCUT2D eigenvalue weighted by Crippen LogP contribution is 2.17. The smallest absolute Gasteiger partial charge is 0.287 e. The molecule has 9 heteroatoms. The second kappa shape index (κ2) is 8.57. The molecule has 1 heterocycles. The molecule has 3 N–H and O–H groups in total. The van der Waals surface area contributed by atoms with Gasteiger partial charge in [0.15, 0.2) is 5.76 Å². The maximum absolute atomic E-state index is 12.5. The van der Waals surface area contributed by atoms with Crippen LogP contribution in [0.4, 0.5) is 0 Å². The van der Waals surface area contributed by atoms with E-state index in [1.807, 2.05) is 0 Å². The summed E-state index contributed by atoms with van der Waals surface area (Å²) in [6.45, 7) is 7.33.